The van der Waals surface area contributed by atoms with Gasteiger partial charge in [0.25, 0.3) is 15.9 Å². The van der Waals surface area contributed by atoms with Crippen LogP contribution in [0.15, 0.2) is 51.9 Å². The van der Waals surface area contributed by atoms with Gasteiger partial charge in [-0.15, -0.1) is 0 Å². The summed E-state index contributed by atoms with van der Waals surface area (Å²) in [6.07, 6.45) is 2.06. The second-order valence-electron chi connectivity index (χ2n) is 12.8. The van der Waals surface area contributed by atoms with Gasteiger partial charge in [0.05, 0.1) is 37.5 Å². The zero-order valence-electron chi connectivity index (χ0n) is 29.1. The van der Waals surface area contributed by atoms with E-state index in [0.717, 1.165) is 30.6 Å². The van der Waals surface area contributed by atoms with Gasteiger partial charge in [-0.05, 0) is 89.9 Å². The zero-order valence-corrected chi connectivity index (χ0v) is 29.9. The molecular weight excluding hydrogens is 636 g/mol. The van der Waals surface area contributed by atoms with Crippen molar-refractivity contribution in [1.29, 1.82) is 0 Å². The van der Waals surface area contributed by atoms with Crippen LogP contribution in [0.3, 0.4) is 0 Å². The lowest BCUT2D eigenvalue weighted by Gasteiger charge is -2.36. The Morgan fingerprint density at radius 3 is 2.52 bits per heavy atom. The molecule has 4 atom stereocenters. The molecule has 2 heterocycles. The number of anilines is 1. The minimum absolute atomic E-state index is 0.0499. The van der Waals surface area contributed by atoms with E-state index in [-0.39, 0.29) is 58.2 Å². The van der Waals surface area contributed by atoms with Crippen LogP contribution in [0.4, 0.5) is 5.69 Å². The summed E-state index contributed by atoms with van der Waals surface area (Å²) in [5, 5.41) is 14.0. The summed E-state index contributed by atoms with van der Waals surface area (Å²) in [6.45, 7) is 10.8. The number of methoxy groups -OCH3 is 1. The Morgan fingerprint density at radius 1 is 1.15 bits per heavy atom. The van der Waals surface area contributed by atoms with Crippen molar-refractivity contribution >= 4 is 21.6 Å². The average molecular weight is 687 g/mol. The molecular formula is C35H50N4O8S. The molecule has 2 N–H and O–H groups in total. The highest BCUT2D eigenvalue weighted by atomic mass is 32.2. The van der Waals surface area contributed by atoms with Gasteiger partial charge >= 0.3 is 0 Å². The molecule has 1 aromatic heterocycles. The Balaban J connectivity index is 1.63. The highest BCUT2D eigenvalue weighted by molar-refractivity contribution is 7.92. The maximum absolute atomic E-state index is 14.4. The minimum Gasteiger partial charge on any atom is -0.497 e. The number of carbonyl (C=O) groups excluding carboxylic acids is 1. The van der Waals surface area contributed by atoms with Crippen molar-refractivity contribution in [3.63, 3.8) is 0 Å². The highest BCUT2D eigenvalue weighted by Crippen LogP contribution is 2.30. The maximum atomic E-state index is 14.4. The Morgan fingerprint density at radius 2 is 1.88 bits per heavy atom. The molecule has 13 heteroatoms. The Labute approximate surface area is 284 Å². The lowest BCUT2D eigenvalue weighted by Crippen LogP contribution is -2.47. The fraction of sp³-hybridized carbons (Fsp3) is 0.543. The van der Waals surface area contributed by atoms with Crippen LogP contribution in [0.25, 0.3) is 0 Å². The van der Waals surface area contributed by atoms with Gasteiger partial charge in [0.1, 0.15) is 17.2 Å². The fourth-order valence-corrected chi connectivity index (χ4v) is 7.31. The van der Waals surface area contributed by atoms with Gasteiger partial charge < -0.3 is 28.7 Å². The van der Waals surface area contributed by atoms with E-state index in [1.807, 2.05) is 38.2 Å². The van der Waals surface area contributed by atoms with E-state index < -0.39 is 16.1 Å². The van der Waals surface area contributed by atoms with Crippen LogP contribution in [0.1, 0.15) is 67.4 Å². The molecule has 4 rings (SSSR count). The van der Waals surface area contributed by atoms with Gasteiger partial charge in [-0.1, -0.05) is 24.2 Å². The first-order valence-corrected chi connectivity index (χ1v) is 17.9. The summed E-state index contributed by atoms with van der Waals surface area (Å²) >= 11 is 0. The van der Waals surface area contributed by atoms with Gasteiger partial charge in [0, 0.05) is 37.8 Å². The zero-order chi connectivity index (χ0) is 35.0. The SMILES string of the molecule is COc1ccc(CN(C)C[C@H]2OCCCC[C@H](C)Oc3ccc(NS(=O)(=O)c4c(C)noc4C)cc3C(=O)N([C@@H](C)CO)C[C@@H]2C)cc1. The predicted octanol–water partition coefficient (Wildman–Crippen LogP) is 5.03. The molecule has 1 aliphatic rings. The molecule has 0 saturated heterocycles. The monoisotopic (exact) mass is 686 g/mol. The number of aliphatic hydroxyl groups excluding tert-OH is 1. The summed E-state index contributed by atoms with van der Waals surface area (Å²) in [5.41, 5.74) is 1.75. The average Bonchev–Trinajstić information content (AvgIpc) is 3.40. The van der Waals surface area contributed by atoms with Crippen LogP contribution >= 0.6 is 0 Å². The number of nitrogens with zero attached hydrogens (tertiary/aromatic N) is 3. The summed E-state index contributed by atoms with van der Waals surface area (Å²) in [7, 11) is -0.369. The third kappa shape index (κ3) is 9.49. The summed E-state index contributed by atoms with van der Waals surface area (Å²) in [5.74, 6) is 0.827. The largest absolute Gasteiger partial charge is 0.497 e. The van der Waals surface area contributed by atoms with Gasteiger partial charge in [0.2, 0.25) is 0 Å². The fourth-order valence-electron chi connectivity index (χ4n) is 5.93. The highest BCUT2D eigenvalue weighted by Gasteiger charge is 2.31. The van der Waals surface area contributed by atoms with Gasteiger partial charge in [0.15, 0.2) is 10.7 Å². The first kappa shape index (κ1) is 37.2. The normalized spacial score (nSPS) is 20.5. The van der Waals surface area contributed by atoms with Crippen molar-refractivity contribution in [2.45, 2.75) is 83.6 Å². The number of rotatable bonds is 10. The number of aliphatic hydroxyl groups is 1. The molecule has 264 valence electrons. The van der Waals surface area contributed by atoms with Crippen molar-refractivity contribution in [1.82, 2.24) is 15.0 Å². The van der Waals surface area contributed by atoms with Crippen LogP contribution in [0, 0.1) is 19.8 Å². The van der Waals surface area contributed by atoms with Gasteiger partial charge in [-0.2, -0.15) is 0 Å². The molecule has 2 aromatic carbocycles. The number of carbonyl (C=O) groups is 1. The minimum atomic E-state index is -4.06. The van der Waals surface area contributed by atoms with Crippen molar-refractivity contribution in [3.05, 3.63) is 65.0 Å². The molecule has 1 aliphatic heterocycles. The lowest BCUT2D eigenvalue weighted by atomic mass is 10.0. The van der Waals surface area contributed by atoms with Crippen molar-refractivity contribution in [2.75, 3.05) is 45.2 Å². The molecule has 0 fully saturated rings. The van der Waals surface area contributed by atoms with E-state index in [0.29, 0.717) is 32.0 Å². The third-order valence-electron chi connectivity index (χ3n) is 8.64. The summed E-state index contributed by atoms with van der Waals surface area (Å²) in [4.78, 5) is 18.2. The van der Waals surface area contributed by atoms with Crippen LogP contribution < -0.4 is 14.2 Å². The summed E-state index contributed by atoms with van der Waals surface area (Å²) < 4.78 is 52.3. The number of sulfonamides is 1. The number of amides is 1. The molecule has 1 amide bonds. The van der Waals surface area contributed by atoms with Crippen LogP contribution in [0.2, 0.25) is 0 Å². The van der Waals surface area contributed by atoms with E-state index in [4.69, 9.17) is 18.7 Å². The molecule has 3 aromatic rings. The second kappa shape index (κ2) is 16.6. The number of aryl methyl sites for hydroxylation is 2. The number of ether oxygens (including phenoxy) is 3. The Hall–Kier alpha value is -3.65. The number of hydrogen-bond donors (Lipinski definition) is 2. The van der Waals surface area contributed by atoms with E-state index in [9.17, 15) is 18.3 Å². The molecule has 12 nitrogen and oxygen atoms in total. The molecule has 0 saturated carbocycles. The summed E-state index contributed by atoms with van der Waals surface area (Å²) in [6, 6.07) is 12.1. The number of benzene rings is 2. The predicted molar refractivity (Wildman–Crippen MR) is 183 cm³/mol. The van der Waals surface area contributed by atoms with Crippen molar-refractivity contribution in [2.24, 2.45) is 5.92 Å². The third-order valence-corrected chi connectivity index (χ3v) is 10.3. The second-order valence-corrected chi connectivity index (χ2v) is 14.4. The number of aromatic nitrogens is 1. The first-order valence-electron chi connectivity index (χ1n) is 16.4. The first-order chi connectivity index (χ1) is 22.8. The topological polar surface area (TPSA) is 144 Å². The quantitative estimate of drug-likeness (QED) is 0.298. The maximum Gasteiger partial charge on any atom is 0.267 e. The number of hydrogen-bond acceptors (Lipinski definition) is 10. The van der Waals surface area contributed by atoms with E-state index >= 15 is 0 Å². The molecule has 0 spiro atoms. The lowest BCUT2D eigenvalue weighted by molar-refractivity contribution is -0.0177. The molecule has 0 radical (unpaired) electrons. The standard InChI is InChI=1S/C35H50N4O8S/c1-23-19-39(24(2)22-40)35(41)31-18-29(37-48(42,43)34-26(4)36-47-27(34)5)13-16-32(31)46-25(3)10-8-9-17-45-33(23)21-38(6)20-28-11-14-30(44-7)15-12-28/h11-16,18,23-25,33,37,40H,8-10,17,19-22H2,1-7H3/t23-,24-,25-,33+/m0/s1. The van der Waals surface area contributed by atoms with Crippen molar-refractivity contribution < 1.29 is 37.1 Å². The number of fused-ring (bicyclic) bond motifs is 1. The molecule has 0 bridgehead atoms. The van der Waals surface area contributed by atoms with Gasteiger partial charge in [-0.3, -0.25) is 14.4 Å². The van der Waals surface area contributed by atoms with Crippen LogP contribution in [-0.4, -0.2) is 93.1 Å². The molecule has 0 unspecified atom stereocenters. The van der Waals surface area contributed by atoms with Crippen molar-refractivity contribution in [3.8, 4) is 11.5 Å². The smallest absolute Gasteiger partial charge is 0.267 e. The number of likely N-dealkylation sites (N-methyl/N-ethyl adjacent to an activating group) is 1. The van der Waals surface area contributed by atoms with E-state index in [1.54, 1.807) is 38.0 Å². The Bertz CT molecular complexity index is 1590. The van der Waals surface area contributed by atoms with E-state index in [2.05, 4.69) is 21.7 Å². The molecule has 48 heavy (non-hydrogen) atoms. The van der Waals surface area contributed by atoms with Gasteiger partial charge in [-0.25, -0.2) is 8.42 Å². The molecule has 0 aliphatic carbocycles. The Kier molecular flexibility index (Phi) is 12.9. The van der Waals surface area contributed by atoms with Crippen LogP contribution in [-0.2, 0) is 21.3 Å². The number of nitrogens with one attached hydrogen (secondary N) is 1. The van der Waals surface area contributed by atoms with E-state index in [1.165, 1.54) is 13.0 Å². The van der Waals surface area contributed by atoms with Crippen LogP contribution in [0.5, 0.6) is 11.5 Å².